The van der Waals surface area contributed by atoms with Crippen LogP contribution in [0.25, 0.3) is 0 Å². The van der Waals surface area contributed by atoms with E-state index in [9.17, 15) is 8.78 Å². The van der Waals surface area contributed by atoms with Crippen molar-refractivity contribution in [2.75, 3.05) is 0 Å². The number of hydrogen-bond acceptors (Lipinski definition) is 0. The van der Waals surface area contributed by atoms with E-state index in [0.717, 1.165) is 24.8 Å². The highest BCUT2D eigenvalue weighted by molar-refractivity contribution is 6.59. The van der Waals surface area contributed by atoms with E-state index in [-0.39, 0.29) is 17.2 Å². The topological polar surface area (TPSA) is 0 Å². The van der Waals surface area contributed by atoms with E-state index in [2.05, 4.69) is 20.8 Å². The van der Waals surface area contributed by atoms with Gasteiger partial charge in [0.15, 0.2) is 0 Å². The van der Waals surface area contributed by atoms with Gasteiger partial charge in [0.05, 0.1) is 0 Å². The van der Waals surface area contributed by atoms with Gasteiger partial charge in [-0.15, -0.1) is 0 Å². The van der Waals surface area contributed by atoms with Crippen LogP contribution in [0.15, 0.2) is 12.1 Å². The van der Waals surface area contributed by atoms with Crippen molar-refractivity contribution >= 4 is 8.80 Å². The number of rotatable bonds is 8. The van der Waals surface area contributed by atoms with E-state index in [1.165, 1.54) is 37.4 Å². The second kappa shape index (κ2) is 9.70. The Labute approximate surface area is 148 Å². The molecule has 0 N–H and O–H groups in total. The second-order valence-corrected chi connectivity index (χ2v) is 11.4. The molecule has 0 aliphatic carbocycles. The van der Waals surface area contributed by atoms with Crippen molar-refractivity contribution in [2.24, 2.45) is 5.92 Å². The van der Waals surface area contributed by atoms with Crippen LogP contribution in [0.1, 0.15) is 76.3 Å². The van der Waals surface area contributed by atoms with Crippen LogP contribution in [0.3, 0.4) is 0 Å². The Balaban J connectivity index is 1.96. The molecule has 136 valence electrons. The fourth-order valence-corrected chi connectivity index (χ4v) is 7.49. The van der Waals surface area contributed by atoms with Gasteiger partial charge in [0.2, 0.25) is 0 Å². The molecule has 24 heavy (non-hydrogen) atoms. The average molecular weight is 353 g/mol. The predicted molar refractivity (Wildman–Crippen MR) is 103 cm³/mol. The predicted octanol–water partition coefficient (Wildman–Crippen LogP) is 6.85. The molecule has 1 fully saturated rings. The number of benzene rings is 1. The molecule has 1 aromatic carbocycles. The van der Waals surface area contributed by atoms with Gasteiger partial charge in [-0.2, -0.15) is 0 Å². The van der Waals surface area contributed by atoms with E-state index in [1.807, 2.05) is 0 Å². The van der Waals surface area contributed by atoms with E-state index in [1.54, 1.807) is 12.1 Å². The molecule has 0 bridgehead atoms. The minimum Gasteiger partial charge on any atom is -0.207 e. The third-order valence-electron chi connectivity index (χ3n) is 5.95. The Kier molecular flexibility index (Phi) is 7.93. The van der Waals surface area contributed by atoms with Crippen LogP contribution in [0.2, 0.25) is 18.1 Å². The molecule has 1 aliphatic heterocycles. The molecule has 1 heterocycles. The molecule has 0 unspecified atom stereocenters. The van der Waals surface area contributed by atoms with Crippen molar-refractivity contribution < 1.29 is 8.78 Å². The molecule has 2 rings (SSSR count). The fourth-order valence-electron chi connectivity index (χ4n) is 4.01. The lowest BCUT2D eigenvalue weighted by molar-refractivity contribution is 0.492. The molecule has 1 saturated heterocycles. The van der Waals surface area contributed by atoms with E-state index in [0.29, 0.717) is 18.3 Å². The smallest absolute Gasteiger partial charge is 0.129 e. The molecular formula is C21H34F2Si. The first kappa shape index (κ1) is 19.6. The fraction of sp³-hybridized carbons (Fsp3) is 0.714. The Morgan fingerprint density at radius 3 is 2.25 bits per heavy atom. The van der Waals surface area contributed by atoms with Crippen molar-refractivity contribution in [3.63, 3.8) is 0 Å². The van der Waals surface area contributed by atoms with Crippen LogP contribution in [-0.4, -0.2) is 8.80 Å². The maximum Gasteiger partial charge on any atom is 0.129 e. The van der Waals surface area contributed by atoms with Gasteiger partial charge >= 0.3 is 0 Å². The van der Waals surface area contributed by atoms with Gasteiger partial charge in [-0.1, -0.05) is 64.6 Å². The lowest BCUT2D eigenvalue weighted by Gasteiger charge is -2.28. The summed E-state index contributed by atoms with van der Waals surface area (Å²) in [5.74, 6) is 0.0474. The SMILES string of the molecule is CCCCC[SiH]1CCC(c2cc(F)c(C[C@@H](C)CC)c(F)c2)CC1. The van der Waals surface area contributed by atoms with E-state index in [4.69, 9.17) is 0 Å². The maximum absolute atomic E-state index is 14.4. The molecular weight excluding hydrogens is 318 g/mol. The summed E-state index contributed by atoms with van der Waals surface area (Å²) in [4.78, 5) is 0. The lowest BCUT2D eigenvalue weighted by Crippen LogP contribution is -2.20. The van der Waals surface area contributed by atoms with Gasteiger partial charge in [-0.25, -0.2) is 8.78 Å². The maximum atomic E-state index is 14.4. The highest BCUT2D eigenvalue weighted by Crippen LogP contribution is 2.36. The second-order valence-electron chi connectivity index (χ2n) is 7.89. The van der Waals surface area contributed by atoms with Gasteiger partial charge in [0.25, 0.3) is 0 Å². The molecule has 3 heteroatoms. The van der Waals surface area contributed by atoms with Gasteiger partial charge in [-0.3, -0.25) is 0 Å². The van der Waals surface area contributed by atoms with Gasteiger partial charge in [-0.05, 0) is 48.8 Å². The molecule has 1 aromatic rings. The first-order valence-corrected chi connectivity index (χ1v) is 12.5. The lowest BCUT2D eigenvalue weighted by atomic mass is 9.90. The van der Waals surface area contributed by atoms with Crippen molar-refractivity contribution in [2.45, 2.75) is 89.8 Å². The Morgan fingerprint density at radius 1 is 1.08 bits per heavy atom. The normalized spacial score (nSPS) is 22.5. The monoisotopic (exact) mass is 352 g/mol. The minimum absolute atomic E-state index is 0.288. The zero-order chi connectivity index (χ0) is 17.5. The van der Waals surface area contributed by atoms with E-state index >= 15 is 0 Å². The largest absolute Gasteiger partial charge is 0.207 e. The zero-order valence-electron chi connectivity index (χ0n) is 15.7. The van der Waals surface area contributed by atoms with E-state index < -0.39 is 8.80 Å². The first-order chi connectivity index (χ1) is 11.5. The number of unbranched alkanes of at least 4 members (excludes halogenated alkanes) is 2. The van der Waals surface area contributed by atoms with Crippen molar-refractivity contribution in [3.8, 4) is 0 Å². The summed E-state index contributed by atoms with van der Waals surface area (Å²) in [6, 6.07) is 7.43. The van der Waals surface area contributed by atoms with Crippen LogP contribution < -0.4 is 0 Å². The summed E-state index contributed by atoms with van der Waals surface area (Å²) in [7, 11) is -0.566. The molecule has 0 spiro atoms. The van der Waals surface area contributed by atoms with Crippen LogP contribution in [0.4, 0.5) is 8.78 Å². The quantitative estimate of drug-likeness (QED) is 0.354. The summed E-state index contributed by atoms with van der Waals surface area (Å²) in [5, 5.41) is 0. The molecule has 0 radical (unpaired) electrons. The molecule has 0 amide bonds. The number of halogens is 2. The average Bonchev–Trinajstić information content (AvgIpc) is 2.58. The Hall–Kier alpha value is -0.703. The van der Waals surface area contributed by atoms with Crippen molar-refractivity contribution in [3.05, 3.63) is 34.9 Å². The summed E-state index contributed by atoms with van der Waals surface area (Å²) in [6.45, 7) is 6.38. The highest BCUT2D eigenvalue weighted by atomic mass is 28.3. The molecule has 0 saturated carbocycles. The Morgan fingerprint density at radius 2 is 1.71 bits per heavy atom. The van der Waals surface area contributed by atoms with Gasteiger partial charge in [0, 0.05) is 14.4 Å². The Bertz CT molecular complexity index is 484. The zero-order valence-corrected chi connectivity index (χ0v) is 16.9. The summed E-state index contributed by atoms with van der Waals surface area (Å²) >= 11 is 0. The highest BCUT2D eigenvalue weighted by Gasteiger charge is 2.25. The molecule has 0 aromatic heterocycles. The molecule has 0 nitrogen and oxygen atoms in total. The van der Waals surface area contributed by atoms with Crippen molar-refractivity contribution in [1.29, 1.82) is 0 Å². The first-order valence-electron chi connectivity index (χ1n) is 10.0. The molecule has 1 atom stereocenters. The summed E-state index contributed by atoms with van der Waals surface area (Å²) in [5.41, 5.74) is 1.19. The summed E-state index contributed by atoms with van der Waals surface area (Å²) < 4.78 is 28.8. The third-order valence-corrected chi connectivity index (χ3v) is 9.47. The van der Waals surface area contributed by atoms with Crippen LogP contribution in [-0.2, 0) is 6.42 Å². The van der Waals surface area contributed by atoms with Crippen LogP contribution >= 0.6 is 0 Å². The number of hydrogen-bond donors (Lipinski definition) is 0. The van der Waals surface area contributed by atoms with Crippen LogP contribution in [0.5, 0.6) is 0 Å². The third kappa shape index (κ3) is 5.40. The summed E-state index contributed by atoms with van der Waals surface area (Å²) in [6.07, 6.45) is 7.80. The van der Waals surface area contributed by atoms with Gasteiger partial charge in [0.1, 0.15) is 11.6 Å². The van der Waals surface area contributed by atoms with Gasteiger partial charge < -0.3 is 0 Å². The van der Waals surface area contributed by atoms with Crippen LogP contribution in [0, 0.1) is 17.6 Å². The standard InChI is InChI=1S/C21H34F2Si/c1-4-6-7-10-24-11-8-17(9-12-24)18-14-20(22)19(21(23)15-18)13-16(3)5-2/h14-17,24H,4-13H2,1-3H3/t16-,17?,24?/m0/s1. The molecule has 1 aliphatic rings. The minimum atomic E-state index is -0.566. The van der Waals surface area contributed by atoms with Crippen molar-refractivity contribution in [1.82, 2.24) is 0 Å².